The van der Waals surface area contributed by atoms with Gasteiger partial charge in [-0.25, -0.2) is 0 Å². The summed E-state index contributed by atoms with van der Waals surface area (Å²) in [6.07, 6.45) is 3.44. The molecule has 0 spiro atoms. The second-order valence-corrected chi connectivity index (χ2v) is 8.66. The second-order valence-electron chi connectivity index (χ2n) is 7.20. The number of piperidine rings is 1. The highest BCUT2D eigenvalue weighted by Crippen LogP contribution is 2.23. The van der Waals surface area contributed by atoms with E-state index in [-0.39, 0.29) is 30.4 Å². The van der Waals surface area contributed by atoms with E-state index in [0.29, 0.717) is 16.8 Å². The highest BCUT2D eigenvalue weighted by Gasteiger charge is 2.21. The summed E-state index contributed by atoms with van der Waals surface area (Å²) in [6.45, 7) is 5.41. The zero-order valence-corrected chi connectivity index (χ0v) is 17.2. The minimum absolute atomic E-state index is 0.0188. The molecule has 2 aromatic rings. The van der Waals surface area contributed by atoms with Gasteiger partial charge in [-0.3, -0.25) is 14.4 Å². The summed E-state index contributed by atoms with van der Waals surface area (Å²) in [4.78, 5) is 41.5. The van der Waals surface area contributed by atoms with Crippen molar-refractivity contribution in [2.24, 2.45) is 0 Å². The number of carbonyl (C=O) groups is 3. The number of carbonyl (C=O) groups excluding carboxylic acids is 3. The summed E-state index contributed by atoms with van der Waals surface area (Å²) < 4.78 is 0. The first-order valence-electron chi connectivity index (χ1n) is 9.74. The van der Waals surface area contributed by atoms with Gasteiger partial charge >= 0.3 is 0 Å². The molecule has 1 aliphatic heterocycles. The van der Waals surface area contributed by atoms with Crippen LogP contribution in [0.5, 0.6) is 0 Å². The van der Waals surface area contributed by atoms with Gasteiger partial charge in [0.1, 0.15) is 0 Å². The van der Waals surface area contributed by atoms with E-state index in [9.17, 15) is 14.4 Å². The number of amides is 2. The van der Waals surface area contributed by atoms with Crippen LogP contribution in [0.4, 0.5) is 5.69 Å². The lowest BCUT2D eigenvalue weighted by atomic mass is 10.1. The molecule has 5 nitrogen and oxygen atoms in total. The molecule has 0 unspecified atom stereocenters. The average Bonchev–Trinajstić information content (AvgIpc) is 3.05. The summed E-state index contributed by atoms with van der Waals surface area (Å²) >= 11 is 1.59. The van der Waals surface area contributed by atoms with Gasteiger partial charge in [-0.2, -0.15) is 0 Å². The number of likely N-dealkylation sites (tertiary alicyclic amines) is 1. The van der Waals surface area contributed by atoms with Crippen LogP contribution in [0.15, 0.2) is 30.3 Å². The maximum atomic E-state index is 12.8. The molecule has 0 bridgehead atoms. The van der Waals surface area contributed by atoms with E-state index in [1.165, 1.54) is 0 Å². The molecule has 148 valence electrons. The third kappa shape index (κ3) is 4.87. The highest BCUT2D eigenvalue weighted by molar-refractivity contribution is 7.12. The molecule has 1 N–H and O–H groups in total. The number of benzene rings is 1. The van der Waals surface area contributed by atoms with Crippen molar-refractivity contribution in [2.75, 3.05) is 18.4 Å². The number of nitrogens with one attached hydrogen (secondary N) is 1. The van der Waals surface area contributed by atoms with Crippen LogP contribution in [-0.2, 0) is 4.79 Å². The molecule has 0 radical (unpaired) electrons. The lowest BCUT2D eigenvalue weighted by molar-refractivity contribution is -0.116. The maximum Gasteiger partial charge on any atom is 0.255 e. The minimum atomic E-state index is -0.253. The largest absolute Gasteiger partial charge is 0.339 e. The number of ketones is 1. The van der Waals surface area contributed by atoms with Crippen molar-refractivity contribution < 1.29 is 14.4 Å². The first-order chi connectivity index (χ1) is 13.5. The number of anilines is 1. The molecule has 0 aliphatic carbocycles. The molecule has 2 heterocycles. The second kappa shape index (κ2) is 9.15. The highest BCUT2D eigenvalue weighted by atomic mass is 32.1. The third-order valence-corrected chi connectivity index (χ3v) is 5.96. The summed E-state index contributed by atoms with van der Waals surface area (Å²) in [5.74, 6) is -0.317. The molecule has 0 saturated carbocycles. The fraction of sp³-hybridized carbons (Fsp3) is 0.409. The van der Waals surface area contributed by atoms with Gasteiger partial charge in [0.25, 0.3) is 5.91 Å². The van der Waals surface area contributed by atoms with Gasteiger partial charge in [0.05, 0.1) is 11.3 Å². The molecule has 3 rings (SSSR count). The van der Waals surface area contributed by atoms with Gasteiger partial charge in [0.15, 0.2) is 5.78 Å². The number of rotatable bonds is 6. The van der Waals surface area contributed by atoms with E-state index < -0.39 is 0 Å². The first-order valence-corrected chi connectivity index (χ1v) is 10.6. The number of para-hydroxylation sites is 1. The van der Waals surface area contributed by atoms with Crippen molar-refractivity contribution in [3.05, 3.63) is 51.2 Å². The van der Waals surface area contributed by atoms with E-state index in [1.807, 2.05) is 24.8 Å². The van der Waals surface area contributed by atoms with Crippen molar-refractivity contribution in [1.29, 1.82) is 0 Å². The van der Waals surface area contributed by atoms with Crippen LogP contribution in [0, 0.1) is 13.8 Å². The number of aryl methyl sites for hydroxylation is 2. The topological polar surface area (TPSA) is 66.5 Å². The molecule has 1 aliphatic rings. The van der Waals surface area contributed by atoms with E-state index in [2.05, 4.69) is 5.32 Å². The number of Topliss-reactive ketones (excluding diaryl/α,β-unsaturated/α-hetero) is 1. The predicted molar refractivity (Wildman–Crippen MR) is 112 cm³/mol. The number of hydrogen-bond acceptors (Lipinski definition) is 4. The average molecular weight is 399 g/mol. The maximum absolute atomic E-state index is 12.8. The lowest BCUT2D eigenvalue weighted by Crippen LogP contribution is -2.36. The summed E-state index contributed by atoms with van der Waals surface area (Å²) in [6, 6.07) is 8.97. The van der Waals surface area contributed by atoms with Crippen LogP contribution < -0.4 is 5.32 Å². The van der Waals surface area contributed by atoms with Crippen LogP contribution in [0.1, 0.15) is 62.6 Å². The van der Waals surface area contributed by atoms with E-state index in [0.717, 1.165) is 42.1 Å². The molecule has 1 aromatic carbocycles. The van der Waals surface area contributed by atoms with Crippen LogP contribution in [0.2, 0.25) is 0 Å². The van der Waals surface area contributed by atoms with E-state index >= 15 is 0 Å². The van der Waals surface area contributed by atoms with E-state index in [4.69, 9.17) is 0 Å². The van der Waals surface area contributed by atoms with Crippen molar-refractivity contribution >= 4 is 34.6 Å². The Morgan fingerprint density at radius 1 is 1.00 bits per heavy atom. The zero-order valence-electron chi connectivity index (χ0n) is 16.4. The van der Waals surface area contributed by atoms with Gasteiger partial charge < -0.3 is 10.2 Å². The Kier molecular flexibility index (Phi) is 6.62. The van der Waals surface area contributed by atoms with Crippen LogP contribution >= 0.6 is 11.3 Å². The fourth-order valence-electron chi connectivity index (χ4n) is 3.53. The van der Waals surface area contributed by atoms with Gasteiger partial charge in [0, 0.05) is 41.2 Å². The summed E-state index contributed by atoms with van der Waals surface area (Å²) in [5, 5.41) is 2.82. The molecular weight excluding hydrogens is 372 g/mol. The van der Waals surface area contributed by atoms with Crippen molar-refractivity contribution in [2.45, 2.75) is 46.0 Å². The Bertz CT molecular complexity index is 882. The third-order valence-electron chi connectivity index (χ3n) is 5.00. The Hall–Kier alpha value is -2.47. The van der Waals surface area contributed by atoms with Crippen molar-refractivity contribution in [3.8, 4) is 0 Å². The van der Waals surface area contributed by atoms with Gasteiger partial charge in [-0.05, 0) is 51.3 Å². The summed E-state index contributed by atoms with van der Waals surface area (Å²) in [7, 11) is 0. The van der Waals surface area contributed by atoms with Crippen LogP contribution in [-0.4, -0.2) is 35.6 Å². The molecule has 6 heteroatoms. The first kappa shape index (κ1) is 20.3. The standard InChI is InChI=1S/C22H26N2O3S/c1-15-14-18(16(2)28-15)20(25)10-11-21(26)23-19-9-5-4-8-17(19)22(27)24-12-6-3-7-13-24/h4-5,8-9,14H,3,6-7,10-13H2,1-2H3,(H,23,26). The molecule has 1 aromatic heterocycles. The van der Waals surface area contributed by atoms with Gasteiger partial charge in [-0.15, -0.1) is 11.3 Å². The molecule has 1 saturated heterocycles. The Morgan fingerprint density at radius 2 is 1.71 bits per heavy atom. The number of nitrogens with zero attached hydrogens (tertiary/aromatic N) is 1. The Balaban J connectivity index is 1.62. The Labute approximate surface area is 169 Å². The minimum Gasteiger partial charge on any atom is -0.339 e. The molecule has 28 heavy (non-hydrogen) atoms. The molecular formula is C22H26N2O3S. The molecule has 1 fully saturated rings. The number of hydrogen-bond donors (Lipinski definition) is 1. The smallest absolute Gasteiger partial charge is 0.255 e. The molecule has 0 atom stereocenters. The summed E-state index contributed by atoms with van der Waals surface area (Å²) in [5.41, 5.74) is 1.72. The quantitative estimate of drug-likeness (QED) is 0.724. The van der Waals surface area contributed by atoms with Crippen LogP contribution in [0.3, 0.4) is 0 Å². The van der Waals surface area contributed by atoms with Crippen LogP contribution in [0.25, 0.3) is 0 Å². The fourth-order valence-corrected chi connectivity index (χ4v) is 4.47. The predicted octanol–water partition coefficient (Wildman–Crippen LogP) is 4.59. The van der Waals surface area contributed by atoms with Crippen molar-refractivity contribution in [3.63, 3.8) is 0 Å². The zero-order chi connectivity index (χ0) is 20.1. The monoisotopic (exact) mass is 398 g/mol. The van der Waals surface area contributed by atoms with E-state index in [1.54, 1.807) is 35.6 Å². The normalized spacial score (nSPS) is 14.0. The SMILES string of the molecule is Cc1cc(C(=O)CCC(=O)Nc2ccccc2C(=O)N2CCCCC2)c(C)s1. The molecule has 2 amide bonds. The number of thiophene rings is 1. The van der Waals surface area contributed by atoms with Gasteiger partial charge in [-0.1, -0.05) is 12.1 Å². The van der Waals surface area contributed by atoms with Crippen molar-refractivity contribution in [1.82, 2.24) is 4.90 Å². The van der Waals surface area contributed by atoms with Gasteiger partial charge in [0.2, 0.25) is 5.91 Å². The lowest BCUT2D eigenvalue weighted by Gasteiger charge is -2.27. The Morgan fingerprint density at radius 3 is 2.39 bits per heavy atom.